The van der Waals surface area contributed by atoms with Crippen molar-refractivity contribution in [3.63, 3.8) is 0 Å². The van der Waals surface area contributed by atoms with Gasteiger partial charge in [-0.1, -0.05) is 29.8 Å². The number of halogens is 1. The van der Waals surface area contributed by atoms with Crippen LogP contribution in [0.15, 0.2) is 44.7 Å². The molecule has 140 valence electrons. The maximum atomic E-state index is 12.9. The fourth-order valence-electron chi connectivity index (χ4n) is 3.00. The average Bonchev–Trinajstić information content (AvgIpc) is 2.62. The van der Waals surface area contributed by atoms with Crippen LogP contribution in [0.5, 0.6) is 5.75 Å². The number of hydrogen-bond acceptors (Lipinski definition) is 4. The van der Waals surface area contributed by atoms with Crippen LogP contribution in [0.4, 0.5) is 0 Å². The third-order valence-electron chi connectivity index (χ3n) is 4.52. The van der Waals surface area contributed by atoms with E-state index in [2.05, 4.69) is 45.9 Å². The second kappa shape index (κ2) is 7.64. The molecule has 3 rings (SSSR count). The second-order valence-corrected chi connectivity index (χ2v) is 7.70. The molecule has 0 aliphatic rings. The van der Waals surface area contributed by atoms with Crippen LogP contribution in [-0.4, -0.2) is 23.0 Å². The highest BCUT2D eigenvalue weighted by molar-refractivity contribution is 9.10. The third-order valence-corrected chi connectivity index (χ3v) is 5.02. The normalized spacial score (nSPS) is 11.7. The molecule has 6 heteroatoms. The first-order valence-electron chi connectivity index (χ1n) is 8.73. The zero-order valence-corrected chi connectivity index (χ0v) is 17.7. The lowest BCUT2D eigenvalue weighted by molar-refractivity contribution is 0.407. The van der Waals surface area contributed by atoms with Crippen molar-refractivity contribution < 1.29 is 4.74 Å². The molecule has 1 heterocycles. The summed E-state index contributed by atoms with van der Waals surface area (Å²) in [5, 5.41) is 4.96. The van der Waals surface area contributed by atoms with Gasteiger partial charge in [0.05, 0.1) is 24.2 Å². The van der Waals surface area contributed by atoms with Gasteiger partial charge in [-0.05, 0) is 66.8 Å². The van der Waals surface area contributed by atoms with Crippen LogP contribution in [0.2, 0.25) is 0 Å². The first kappa shape index (κ1) is 19.3. The van der Waals surface area contributed by atoms with Crippen LogP contribution >= 0.6 is 15.9 Å². The monoisotopic (exact) mass is 427 g/mol. The van der Waals surface area contributed by atoms with E-state index in [-0.39, 0.29) is 5.56 Å². The molecule has 27 heavy (non-hydrogen) atoms. The van der Waals surface area contributed by atoms with E-state index in [9.17, 15) is 4.79 Å². The van der Waals surface area contributed by atoms with Gasteiger partial charge < -0.3 is 4.74 Å². The van der Waals surface area contributed by atoms with E-state index >= 15 is 0 Å². The number of fused-ring (bicyclic) bond motifs is 1. The number of rotatable bonds is 4. The summed E-state index contributed by atoms with van der Waals surface area (Å²) in [6, 6.07) is 9.53. The summed E-state index contributed by atoms with van der Waals surface area (Å²) in [5.41, 5.74) is 3.55. The molecular weight excluding hydrogens is 406 g/mol. The van der Waals surface area contributed by atoms with Crippen molar-refractivity contribution >= 4 is 33.0 Å². The molecule has 3 aromatic rings. The molecule has 0 fully saturated rings. The van der Waals surface area contributed by atoms with Gasteiger partial charge in [0.1, 0.15) is 11.6 Å². The second-order valence-electron chi connectivity index (χ2n) is 6.79. The molecule has 0 aliphatic carbocycles. The van der Waals surface area contributed by atoms with Crippen molar-refractivity contribution in [3.8, 4) is 5.75 Å². The molecule has 0 amide bonds. The first-order valence-corrected chi connectivity index (χ1v) is 9.53. The summed E-state index contributed by atoms with van der Waals surface area (Å²) in [4.78, 5) is 17.3. The smallest absolute Gasteiger partial charge is 0.282 e. The number of nitrogens with zero attached hydrogens (tertiary/aromatic N) is 3. The maximum absolute atomic E-state index is 12.9. The Hall–Kier alpha value is -2.47. The molecule has 0 bridgehead atoms. The summed E-state index contributed by atoms with van der Waals surface area (Å²) in [5.74, 6) is 1.73. The van der Waals surface area contributed by atoms with E-state index in [0.717, 1.165) is 26.9 Å². The maximum Gasteiger partial charge on any atom is 0.282 e. The molecule has 0 radical (unpaired) electrons. The van der Waals surface area contributed by atoms with Crippen LogP contribution in [0, 0.1) is 13.8 Å². The predicted octanol–water partition coefficient (Wildman–Crippen LogP) is 4.79. The fraction of sp³-hybridized carbons (Fsp3) is 0.286. The number of benzene rings is 2. The van der Waals surface area contributed by atoms with Gasteiger partial charge >= 0.3 is 0 Å². The topological polar surface area (TPSA) is 56.5 Å². The zero-order chi connectivity index (χ0) is 19.7. The summed E-state index contributed by atoms with van der Waals surface area (Å²) in [6.45, 7) is 8.02. The molecule has 2 aromatic carbocycles. The van der Waals surface area contributed by atoms with Crippen LogP contribution in [-0.2, 0) is 0 Å². The molecule has 0 unspecified atom stereocenters. The van der Waals surface area contributed by atoms with Crippen LogP contribution in [0.25, 0.3) is 10.9 Å². The van der Waals surface area contributed by atoms with Crippen LogP contribution in [0.1, 0.15) is 42.3 Å². The standard InChI is InChI=1S/C21H22BrN3O2/c1-12(2)17-9-15(13(3)8-20(17)27-5)11-23-25-14(4)24-19-7-6-16(22)10-18(19)21(25)26/h6-12H,1-5H3. The van der Waals surface area contributed by atoms with E-state index in [0.29, 0.717) is 22.6 Å². The minimum atomic E-state index is -0.190. The third kappa shape index (κ3) is 3.81. The van der Waals surface area contributed by atoms with Crippen LogP contribution < -0.4 is 10.3 Å². The minimum absolute atomic E-state index is 0.190. The van der Waals surface area contributed by atoms with Gasteiger partial charge in [-0.3, -0.25) is 4.79 Å². The molecule has 0 saturated heterocycles. The lowest BCUT2D eigenvalue weighted by Gasteiger charge is -2.14. The number of ether oxygens (including phenoxy) is 1. The van der Waals surface area contributed by atoms with Gasteiger partial charge in [0.2, 0.25) is 0 Å². The Morgan fingerprint density at radius 2 is 1.96 bits per heavy atom. The molecule has 1 aromatic heterocycles. The number of aryl methyl sites for hydroxylation is 2. The van der Waals surface area contributed by atoms with Gasteiger partial charge in [-0.2, -0.15) is 9.78 Å². The molecular formula is C21H22BrN3O2. The number of hydrogen-bond donors (Lipinski definition) is 0. The molecule has 0 atom stereocenters. The minimum Gasteiger partial charge on any atom is -0.496 e. The molecule has 5 nitrogen and oxygen atoms in total. The Kier molecular flexibility index (Phi) is 5.46. The summed E-state index contributed by atoms with van der Waals surface area (Å²) in [7, 11) is 1.68. The number of methoxy groups -OCH3 is 1. The predicted molar refractivity (Wildman–Crippen MR) is 113 cm³/mol. The van der Waals surface area contributed by atoms with E-state index in [1.807, 2.05) is 25.1 Å². The summed E-state index contributed by atoms with van der Waals surface area (Å²) < 4.78 is 7.66. The van der Waals surface area contributed by atoms with Gasteiger partial charge in [0.15, 0.2) is 0 Å². The Morgan fingerprint density at radius 1 is 1.22 bits per heavy atom. The van der Waals surface area contributed by atoms with Crippen molar-refractivity contribution in [3.05, 3.63) is 67.7 Å². The van der Waals surface area contributed by atoms with Crippen molar-refractivity contribution in [2.75, 3.05) is 7.11 Å². The SMILES string of the molecule is COc1cc(C)c(C=Nn2c(C)nc3ccc(Br)cc3c2=O)cc1C(C)C. The Morgan fingerprint density at radius 3 is 2.63 bits per heavy atom. The van der Waals surface area contributed by atoms with Crippen molar-refractivity contribution in [1.82, 2.24) is 9.66 Å². The summed E-state index contributed by atoms with van der Waals surface area (Å²) >= 11 is 3.40. The van der Waals surface area contributed by atoms with E-state index in [4.69, 9.17) is 4.74 Å². The quantitative estimate of drug-likeness (QED) is 0.562. The summed E-state index contributed by atoms with van der Waals surface area (Å²) in [6.07, 6.45) is 1.71. The average molecular weight is 428 g/mol. The van der Waals surface area contributed by atoms with E-state index in [1.54, 1.807) is 26.3 Å². The van der Waals surface area contributed by atoms with Gasteiger partial charge in [0.25, 0.3) is 5.56 Å². The molecule has 0 N–H and O–H groups in total. The fourth-order valence-corrected chi connectivity index (χ4v) is 3.36. The largest absolute Gasteiger partial charge is 0.496 e. The van der Waals surface area contributed by atoms with Gasteiger partial charge in [0, 0.05) is 4.47 Å². The van der Waals surface area contributed by atoms with Gasteiger partial charge in [-0.25, -0.2) is 4.98 Å². The molecule has 0 aliphatic heterocycles. The lowest BCUT2D eigenvalue weighted by Crippen LogP contribution is -2.20. The molecule has 0 spiro atoms. The van der Waals surface area contributed by atoms with Gasteiger partial charge in [-0.15, -0.1) is 0 Å². The van der Waals surface area contributed by atoms with Crippen molar-refractivity contribution in [1.29, 1.82) is 0 Å². The Balaban J connectivity index is 2.11. The lowest BCUT2D eigenvalue weighted by atomic mass is 9.97. The highest BCUT2D eigenvalue weighted by Crippen LogP contribution is 2.29. The Labute approximate surface area is 166 Å². The van der Waals surface area contributed by atoms with Crippen LogP contribution in [0.3, 0.4) is 0 Å². The van der Waals surface area contributed by atoms with E-state index in [1.165, 1.54) is 4.68 Å². The molecule has 0 saturated carbocycles. The van der Waals surface area contributed by atoms with E-state index < -0.39 is 0 Å². The zero-order valence-electron chi connectivity index (χ0n) is 16.1. The highest BCUT2D eigenvalue weighted by atomic mass is 79.9. The Bertz CT molecular complexity index is 1100. The van der Waals surface area contributed by atoms with Crippen molar-refractivity contribution in [2.24, 2.45) is 5.10 Å². The van der Waals surface area contributed by atoms with Crippen molar-refractivity contribution in [2.45, 2.75) is 33.6 Å². The first-order chi connectivity index (χ1) is 12.8. The highest BCUT2D eigenvalue weighted by Gasteiger charge is 2.11. The number of aromatic nitrogens is 2.